The van der Waals surface area contributed by atoms with Crippen LogP contribution in [0.4, 0.5) is 0 Å². The summed E-state index contributed by atoms with van der Waals surface area (Å²) in [4.78, 5) is 14.9. The van der Waals surface area contributed by atoms with E-state index in [9.17, 15) is 0 Å². The first-order valence-corrected chi connectivity index (χ1v) is 17.8. The maximum absolute atomic E-state index is 6.46. The molecule has 6 heteroatoms. The molecule has 0 aliphatic heterocycles. The predicted molar refractivity (Wildman–Crippen MR) is 211 cm³/mol. The Morgan fingerprint density at radius 3 is 1.67 bits per heavy atom. The number of furan rings is 1. The van der Waals surface area contributed by atoms with Crippen LogP contribution < -0.4 is 0 Å². The molecule has 4 heterocycles. The molecule has 11 aromatic rings. The molecule has 0 atom stereocenters. The fourth-order valence-corrected chi connectivity index (χ4v) is 8.79. The minimum atomic E-state index is 0.623. The molecule has 238 valence electrons. The van der Waals surface area contributed by atoms with Crippen molar-refractivity contribution < 1.29 is 4.42 Å². The van der Waals surface area contributed by atoms with E-state index >= 15 is 0 Å². The average Bonchev–Trinajstić information content (AvgIpc) is 3.87. The zero-order valence-electron chi connectivity index (χ0n) is 27.1. The molecular formula is C45H26N4OS. The summed E-state index contributed by atoms with van der Waals surface area (Å²) in [5.41, 5.74) is 8.08. The lowest BCUT2D eigenvalue weighted by atomic mass is 10.1. The SMILES string of the molecule is c1ccc(-c2nc(-c3ccccc3)nc(-c3ccc4oc5ccc6c7ccc(-n8c9ccccc9c9ccccc98)cc7sc6c5c4c3)n2)cc1. The van der Waals surface area contributed by atoms with Gasteiger partial charge >= 0.3 is 0 Å². The first-order valence-electron chi connectivity index (χ1n) is 16.9. The zero-order valence-corrected chi connectivity index (χ0v) is 27.9. The highest BCUT2D eigenvalue weighted by Gasteiger charge is 2.19. The van der Waals surface area contributed by atoms with Crippen molar-refractivity contribution in [2.24, 2.45) is 0 Å². The molecule has 0 saturated heterocycles. The summed E-state index contributed by atoms with van der Waals surface area (Å²) in [6, 6.07) is 54.9. The van der Waals surface area contributed by atoms with E-state index in [4.69, 9.17) is 19.4 Å². The van der Waals surface area contributed by atoms with Crippen LogP contribution in [0, 0.1) is 0 Å². The number of fused-ring (bicyclic) bond motifs is 10. The lowest BCUT2D eigenvalue weighted by Crippen LogP contribution is -2.00. The standard InChI is InChI=1S/C45H26N4OS/c1-3-11-27(12-4-1)43-46-44(28-13-5-2-6-14-28)48-45(47-43)29-19-23-38-35(25-29)41-39(50-38)24-22-34-33-21-20-30(26-40(33)51-42(34)41)49-36-17-9-7-15-31(36)32-16-8-10-18-37(32)49/h1-26H. The molecule has 5 nitrogen and oxygen atoms in total. The minimum Gasteiger partial charge on any atom is -0.456 e. The summed E-state index contributed by atoms with van der Waals surface area (Å²) in [5.74, 6) is 1.91. The highest BCUT2D eigenvalue weighted by atomic mass is 32.1. The average molecular weight is 671 g/mol. The normalized spacial score (nSPS) is 11.9. The Morgan fingerprint density at radius 1 is 0.431 bits per heavy atom. The van der Waals surface area contributed by atoms with E-state index < -0.39 is 0 Å². The summed E-state index contributed by atoms with van der Waals surface area (Å²) < 4.78 is 11.3. The maximum atomic E-state index is 6.46. The van der Waals surface area contributed by atoms with Gasteiger partial charge in [0.25, 0.3) is 0 Å². The molecular weight excluding hydrogens is 645 g/mol. The Bertz CT molecular complexity index is 3030. The van der Waals surface area contributed by atoms with Gasteiger partial charge in [0.2, 0.25) is 0 Å². The second-order valence-electron chi connectivity index (χ2n) is 12.8. The Kier molecular flexibility index (Phi) is 6.05. The largest absolute Gasteiger partial charge is 0.456 e. The zero-order chi connectivity index (χ0) is 33.5. The van der Waals surface area contributed by atoms with Gasteiger partial charge in [-0.1, -0.05) is 103 Å². The van der Waals surface area contributed by atoms with Gasteiger partial charge in [0, 0.05) is 64.1 Å². The van der Waals surface area contributed by atoms with Gasteiger partial charge in [-0.15, -0.1) is 11.3 Å². The van der Waals surface area contributed by atoms with Crippen LogP contribution in [-0.2, 0) is 0 Å². The monoisotopic (exact) mass is 670 g/mol. The molecule has 0 N–H and O–H groups in total. The van der Waals surface area contributed by atoms with Crippen LogP contribution in [0.25, 0.3) is 104 Å². The summed E-state index contributed by atoms with van der Waals surface area (Å²) in [6.45, 7) is 0. The van der Waals surface area contributed by atoms with Crippen LogP contribution >= 0.6 is 11.3 Å². The van der Waals surface area contributed by atoms with E-state index in [2.05, 4.69) is 89.5 Å². The number of aromatic nitrogens is 4. The van der Waals surface area contributed by atoms with Gasteiger partial charge in [0.15, 0.2) is 17.5 Å². The third-order valence-electron chi connectivity index (χ3n) is 9.85. The number of hydrogen-bond donors (Lipinski definition) is 0. The van der Waals surface area contributed by atoms with Gasteiger partial charge in [0.1, 0.15) is 11.2 Å². The number of nitrogens with zero attached hydrogens (tertiary/aromatic N) is 4. The van der Waals surface area contributed by atoms with Crippen molar-refractivity contribution in [3.8, 4) is 39.9 Å². The summed E-state index contributed by atoms with van der Waals surface area (Å²) in [5, 5.41) is 7.15. The van der Waals surface area contributed by atoms with E-state index in [0.717, 1.165) is 44.3 Å². The smallest absolute Gasteiger partial charge is 0.164 e. The molecule has 51 heavy (non-hydrogen) atoms. The van der Waals surface area contributed by atoms with Crippen LogP contribution in [0.15, 0.2) is 162 Å². The highest BCUT2D eigenvalue weighted by Crippen LogP contribution is 2.44. The summed E-state index contributed by atoms with van der Waals surface area (Å²) >= 11 is 1.82. The van der Waals surface area contributed by atoms with Crippen molar-refractivity contribution in [3.63, 3.8) is 0 Å². The van der Waals surface area contributed by atoms with Crippen LogP contribution in [-0.4, -0.2) is 19.5 Å². The molecule has 0 bridgehead atoms. The van der Waals surface area contributed by atoms with Crippen molar-refractivity contribution in [1.82, 2.24) is 19.5 Å². The lowest BCUT2D eigenvalue weighted by Gasteiger charge is -2.08. The van der Waals surface area contributed by atoms with Crippen molar-refractivity contribution in [2.45, 2.75) is 0 Å². The fraction of sp³-hybridized carbons (Fsp3) is 0. The third kappa shape index (κ3) is 4.37. The second kappa shape index (κ2) is 10.9. The van der Waals surface area contributed by atoms with E-state index in [1.54, 1.807) is 0 Å². The van der Waals surface area contributed by atoms with E-state index in [1.807, 2.05) is 84.1 Å². The van der Waals surface area contributed by atoms with E-state index in [0.29, 0.717) is 17.5 Å². The van der Waals surface area contributed by atoms with Gasteiger partial charge in [0.05, 0.1) is 11.0 Å². The van der Waals surface area contributed by atoms with Gasteiger partial charge < -0.3 is 8.98 Å². The quantitative estimate of drug-likeness (QED) is 0.187. The molecule has 0 amide bonds. The van der Waals surface area contributed by atoms with Crippen molar-refractivity contribution in [2.75, 3.05) is 0 Å². The van der Waals surface area contributed by atoms with Gasteiger partial charge in [-0.25, -0.2) is 15.0 Å². The molecule has 0 radical (unpaired) electrons. The summed E-state index contributed by atoms with van der Waals surface area (Å²) in [7, 11) is 0. The number of thiophene rings is 1. The molecule has 0 unspecified atom stereocenters. The fourth-order valence-electron chi connectivity index (χ4n) is 7.50. The molecule has 0 fully saturated rings. The number of para-hydroxylation sites is 2. The first-order chi connectivity index (χ1) is 25.3. The van der Waals surface area contributed by atoms with Gasteiger partial charge in [-0.2, -0.15) is 0 Å². The highest BCUT2D eigenvalue weighted by molar-refractivity contribution is 7.26. The van der Waals surface area contributed by atoms with Gasteiger partial charge in [-0.05, 0) is 54.6 Å². The topological polar surface area (TPSA) is 56.7 Å². The Morgan fingerprint density at radius 2 is 1.00 bits per heavy atom. The lowest BCUT2D eigenvalue weighted by molar-refractivity contribution is 0.669. The Hall–Kier alpha value is -6.63. The minimum absolute atomic E-state index is 0.623. The third-order valence-corrected chi connectivity index (χ3v) is 11.0. The molecule has 0 aliphatic rings. The molecule has 4 aromatic heterocycles. The molecule has 7 aromatic carbocycles. The molecule has 0 aliphatic carbocycles. The van der Waals surface area contributed by atoms with Crippen LogP contribution in [0.3, 0.4) is 0 Å². The van der Waals surface area contributed by atoms with Crippen LogP contribution in [0.1, 0.15) is 0 Å². The van der Waals surface area contributed by atoms with Crippen molar-refractivity contribution in [3.05, 3.63) is 158 Å². The molecule has 11 rings (SSSR count). The van der Waals surface area contributed by atoms with E-state index in [-0.39, 0.29) is 0 Å². The summed E-state index contributed by atoms with van der Waals surface area (Å²) in [6.07, 6.45) is 0. The van der Waals surface area contributed by atoms with Crippen LogP contribution in [0.5, 0.6) is 0 Å². The van der Waals surface area contributed by atoms with Crippen LogP contribution in [0.2, 0.25) is 0 Å². The van der Waals surface area contributed by atoms with E-state index in [1.165, 1.54) is 42.0 Å². The first kappa shape index (κ1) is 28.2. The second-order valence-corrected chi connectivity index (χ2v) is 13.9. The number of rotatable bonds is 4. The molecule has 0 saturated carbocycles. The van der Waals surface area contributed by atoms with Crippen molar-refractivity contribution >= 4 is 75.3 Å². The Labute approximate surface area is 295 Å². The number of hydrogen-bond acceptors (Lipinski definition) is 5. The van der Waals surface area contributed by atoms with Crippen molar-refractivity contribution in [1.29, 1.82) is 0 Å². The predicted octanol–water partition coefficient (Wildman–Crippen LogP) is 12.2. The van der Waals surface area contributed by atoms with Gasteiger partial charge in [-0.3, -0.25) is 0 Å². The Balaban J connectivity index is 1.11. The maximum Gasteiger partial charge on any atom is 0.164 e. The number of benzene rings is 7. The molecule has 0 spiro atoms.